The number of rotatable bonds is 3. The number of carbonyl (C=O) groups excluding carboxylic acids is 1. The van der Waals surface area contributed by atoms with Crippen LogP contribution < -0.4 is 16.6 Å². The molecule has 18 heavy (non-hydrogen) atoms. The zero-order chi connectivity index (χ0) is 13.0. The summed E-state index contributed by atoms with van der Waals surface area (Å²) < 4.78 is 0. The van der Waals surface area contributed by atoms with Gasteiger partial charge in [-0.15, -0.1) is 0 Å². The number of hydrogen-bond donors (Lipinski definition) is 3. The first-order valence-electron chi connectivity index (χ1n) is 4.92. The molecule has 0 radical (unpaired) electrons. The van der Waals surface area contributed by atoms with Crippen LogP contribution in [-0.2, 0) is 0 Å². The second-order valence-electron chi connectivity index (χ2n) is 3.20. The van der Waals surface area contributed by atoms with Crippen LogP contribution in [0.2, 0.25) is 5.02 Å². The third-order valence-corrected chi connectivity index (χ3v) is 2.30. The lowest BCUT2D eigenvalue weighted by molar-refractivity contribution is 0.0958. The molecular weight excluding hydrogens is 256 g/mol. The molecule has 0 aliphatic rings. The van der Waals surface area contributed by atoms with Gasteiger partial charge in [-0.05, 0) is 12.1 Å². The van der Waals surface area contributed by atoms with Crippen LogP contribution in [0.3, 0.4) is 0 Å². The summed E-state index contributed by atoms with van der Waals surface area (Å²) in [5.41, 5.74) is 10.5. The number of aromatic nitrogens is 3. The minimum Gasteiger partial charge on any atom is -0.382 e. The van der Waals surface area contributed by atoms with E-state index in [9.17, 15) is 4.79 Å². The number of nitrogens with one attached hydrogen (secondary N) is 2. The monoisotopic (exact) mass is 264 g/mol. The molecule has 8 heteroatoms. The Morgan fingerprint density at radius 3 is 2.72 bits per heavy atom. The number of nitrogen functional groups attached to an aromatic ring is 1. The summed E-state index contributed by atoms with van der Waals surface area (Å²) in [5, 5.41) is 0.380. The largest absolute Gasteiger partial charge is 0.382 e. The van der Waals surface area contributed by atoms with E-state index in [0.717, 1.165) is 0 Å². The van der Waals surface area contributed by atoms with Crippen LogP contribution >= 0.6 is 11.6 Å². The van der Waals surface area contributed by atoms with Crippen molar-refractivity contribution in [3.05, 3.63) is 41.4 Å². The summed E-state index contributed by atoms with van der Waals surface area (Å²) in [6.07, 6.45) is 4.31. The molecule has 0 aromatic carbocycles. The Labute approximate surface area is 107 Å². The van der Waals surface area contributed by atoms with Crippen LogP contribution in [0.4, 0.5) is 11.6 Å². The van der Waals surface area contributed by atoms with Gasteiger partial charge in [0.1, 0.15) is 0 Å². The molecule has 1 amide bonds. The molecule has 0 saturated heterocycles. The molecule has 2 rings (SSSR count). The second-order valence-corrected chi connectivity index (χ2v) is 3.61. The molecule has 2 aromatic rings. The Balaban J connectivity index is 2.06. The number of nitrogens with zero attached hydrogens (tertiary/aromatic N) is 3. The fraction of sp³-hybridized carbons (Fsp3) is 0. The molecule has 0 unspecified atom stereocenters. The Morgan fingerprint density at radius 2 is 2.00 bits per heavy atom. The van der Waals surface area contributed by atoms with Crippen molar-refractivity contribution in [2.75, 3.05) is 11.2 Å². The first-order valence-corrected chi connectivity index (χ1v) is 5.29. The summed E-state index contributed by atoms with van der Waals surface area (Å²) in [6, 6.07) is 3.32. The van der Waals surface area contributed by atoms with Gasteiger partial charge in [-0.25, -0.2) is 15.0 Å². The molecule has 4 N–H and O–H groups in total. The first kappa shape index (κ1) is 12.1. The minimum atomic E-state index is -0.526. The van der Waals surface area contributed by atoms with E-state index in [-0.39, 0.29) is 11.5 Å². The van der Waals surface area contributed by atoms with Crippen molar-refractivity contribution < 1.29 is 4.79 Å². The molecule has 0 saturated carbocycles. The molecule has 0 aliphatic carbocycles. The maximum atomic E-state index is 11.7. The van der Waals surface area contributed by atoms with Gasteiger partial charge in [-0.1, -0.05) is 11.6 Å². The summed E-state index contributed by atoms with van der Waals surface area (Å²) in [4.78, 5) is 23.2. The molecule has 0 spiro atoms. The molecule has 2 aromatic heterocycles. The molecule has 0 bridgehead atoms. The quantitative estimate of drug-likeness (QED) is 0.710. The third-order valence-electron chi connectivity index (χ3n) is 1.99. The van der Waals surface area contributed by atoms with Crippen molar-refractivity contribution in [2.45, 2.75) is 0 Å². The summed E-state index contributed by atoms with van der Waals surface area (Å²) >= 11 is 5.86. The molecular formula is C10H9ClN6O. The van der Waals surface area contributed by atoms with E-state index in [2.05, 4.69) is 25.8 Å². The van der Waals surface area contributed by atoms with E-state index >= 15 is 0 Å². The highest BCUT2D eigenvalue weighted by Crippen LogP contribution is 2.16. The highest BCUT2D eigenvalue weighted by Gasteiger charge is 2.11. The molecule has 2 heterocycles. The Morgan fingerprint density at radius 1 is 1.22 bits per heavy atom. The van der Waals surface area contributed by atoms with Crippen LogP contribution in [-0.4, -0.2) is 20.9 Å². The van der Waals surface area contributed by atoms with E-state index in [4.69, 9.17) is 17.3 Å². The van der Waals surface area contributed by atoms with Crippen molar-refractivity contribution in [2.24, 2.45) is 0 Å². The molecule has 0 aliphatic heterocycles. The number of hydrazine groups is 1. The van der Waals surface area contributed by atoms with E-state index in [1.54, 1.807) is 12.1 Å². The highest BCUT2D eigenvalue weighted by molar-refractivity contribution is 6.32. The van der Waals surface area contributed by atoms with Gasteiger partial charge in [0.05, 0.1) is 5.02 Å². The van der Waals surface area contributed by atoms with Crippen molar-refractivity contribution in [1.29, 1.82) is 0 Å². The van der Waals surface area contributed by atoms with E-state index in [0.29, 0.717) is 10.8 Å². The van der Waals surface area contributed by atoms with E-state index in [1.165, 1.54) is 18.6 Å². The van der Waals surface area contributed by atoms with Crippen molar-refractivity contribution in [3.63, 3.8) is 0 Å². The number of anilines is 2. The van der Waals surface area contributed by atoms with Crippen LogP contribution in [0.1, 0.15) is 10.5 Å². The summed E-state index contributed by atoms with van der Waals surface area (Å²) in [6.45, 7) is 0. The maximum absolute atomic E-state index is 11.7. The van der Waals surface area contributed by atoms with Gasteiger partial charge in [0.15, 0.2) is 17.3 Å². The lowest BCUT2D eigenvalue weighted by atomic mass is 10.4. The second kappa shape index (κ2) is 5.28. The standard InChI is InChI=1S/C10H9ClN6O/c11-6-2-1-3-15-9(6)16-17-10(18)7-8(12)14-5-4-13-7/h1-5H,(H2,12,14)(H,15,16)(H,17,18). The van der Waals surface area contributed by atoms with Gasteiger partial charge < -0.3 is 5.73 Å². The molecule has 92 valence electrons. The molecule has 0 atom stereocenters. The van der Waals surface area contributed by atoms with E-state index in [1.807, 2.05) is 0 Å². The number of carbonyl (C=O) groups is 1. The molecule has 7 nitrogen and oxygen atoms in total. The lowest BCUT2D eigenvalue weighted by Gasteiger charge is -2.08. The number of amides is 1. The van der Waals surface area contributed by atoms with Gasteiger partial charge in [0.25, 0.3) is 5.91 Å². The van der Waals surface area contributed by atoms with E-state index < -0.39 is 5.91 Å². The van der Waals surface area contributed by atoms with Gasteiger partial charge in [0, 0.05) is 18.6 Å². The average Bonchev–Trinajstić information content (AvgIpc) is 2.38. The number of halogens is 1. The zero-order valence-corrected chi connectivity index (χ0v) is 9.85. The number of pyridine rings is 1. The van der Waals surface area contributed by atoms with Crippen molar-refractivity contribution in [1.82, 2.24) is 20.4 Å². The molecule has 0 fully saturated rings. The summed E-state index contributed by atoms with van der Waals surface area (Å²) in [7, 11) is 0. The van der Waals surface area contributed by atoms with Gasteiger partial charge in [-0.3, -0.25) is 15.6 Å². The Kier molecular flexibility index (Phi) is 3.54. The average molecular weight is 265 g/mol. The van der Waals surface area contributed by atoms with Crippen LogP contribution in [0, 0.1) is 0 Å². The van der Waals surface area contributed by atoms with Crippen molar-refractivity contribution in [3.8, 4) is 0 Å². The van der Waals surface area contributed by atoms with Gasteiger partial charge in [-0.2, -0.15) is 0 Å². The predicted octanol–water partition coefficient (Wildman–Crippen LogP) is 0.864. The SMILES string of the molecule is Nc1nccnc1C(=O)NNc1ncccc1Cl. The minimum absolute atomic E-state index is 0.0250. The van der Waals surface area contributed by atoms with Crippen LogP contribution in [0.15, 0.2) is 30.7 Å². The highest BCUT2D eigenvalue weighted by atomic mass is 35.5. The number of nitrogens with two attached hydrogens (primary N) is 1. The van der Waals surface area contributed by atoms with Gasteiger partial charge >= 0.3 is 0 Å². The smallest absolute Gasteiger partial charge is 0.292 e. The first-order chi connectivity index (χ1) is 8.68. The van der Waals surface area contributed by atoms with Crippen LogP contribution in [0.25, 0.3) is 0 Å². The predicted molar refractivity (Wildman–Crippen MR) is 66.8 cm³/mol. The van der Waals surface area contributed by atoms with Crippen molar-refractivity contribution >= 4 is 29.1 Å². The zero-order valence-electron chi connectivity index (χ0n) is 9.09. The number of hydrogen-bond acceptors (Lipinski definition) is 6. The Hall–Kier alpha value is -2.41. The van der Waals surface area contributed by atoms with Crippen LogP contribution in [0.5, 0.6) is 0 Å². The summed E-state index contributed by atoms with van der Waals surface area (Å²) in [5.74, 6) is -0.152. The Bertz CT molecular complexity index is 576. The topological polar surface area (TPSA) is 106 Å². The maximum Gasteiger partial charge on any atom is 0.292 e. The lowest BCUT2D eigenvalue weighted by Crippen LogP contribution is -2.31. The fourth-order valence-electron chi connectivity index (χ4n) is 1.18. The normalized spacial score (nSPS) is 9.83. The van der Waals surface area contributed by atoms with Gasteiger partial charge in [0.2, 0.25) is 0 Å². The fourth-order valence-corrected chi connectivity index (χ4v) is 1.35. The third kappa shape index (κ3) is 2.64.